The summed E-state index contributed by atoms with van der Waals surface area (Å²) in [6, 6.07) is 4.92. The summed E-state index contributed by atoms with van der Waals surface area (Å²) in [5.41, 5.74) is 3.50. The molecule has 120 valence electrons. The fourth-order valence-corrected chi connectivity index (χ4v) is 3.50. The van der Waals surface area contributed by atoms with Gasteiger partial charge in [0.25, 0.3) is 0 Å². The highest BCUT2D eigenvalue weighted by Crippen LogP contribution is 2.23. The summed E-state index contributed by atoms with van der Waals surface area (Å²) in [5.74, 6) is 0. The molecular formula is C18H27N3O. The number of aromatic nitrogens is 2. The summed E-state index contributed by atoms with van der Waals surface area (Å²) in [5, 5.41) is 0. The molecule has 3 rings (SSSR count). The van der Waals surface area contributed by atoms with Gasteiger partial charge in [-0.25, -0.2) is 4.98 Å². The third-order valence-electron chi connectivity index (χ3n) is 4.65. The minimum Gasteiger partial charge on any atom is -0.385 e. The molecule has 0 radical (unpaired) electrons. The van der Waals surface area contributed by atoms with Gasteiger partial charge in [0, 0.05) is 38.7 Å². The number of aryl methyl sites for hydroxylation is 1. The van der Waals surface area contributed by atoms with Gasteiger partial charge in [0.1, 0.15) is 5.65 Å². The van der Waals surface area contributed by atoms with Crippen LogP contribution in [0.4, 0.5) is 0 Å². The number of likely N-dealkylation sites (tertiary alicyclic amines) is 1. The van der Waals surface area contributed by atoms with Gasteiger partial charge in [0.05, 0.1) is 5.69 Å². The van der Waals surface area contributed by atoms with E-state index in [9.17, 15) is 0 Å². The highest BCUT2D eigenvalue weighted by Gasteiger charge is 2.22. The van der Waals surface area contributed by atoms with Gasteiger partial charge >= 0.3 is 0 Å². The lowest BCUT2D eigenvalue weighted by Crippen LogP contribution is -2.39. The Bertz CT molecular complexity index is 607. The number of nitrogens with zero attached hydrogens (tertiary/aromatic N) is 3. The lowest BCUT2D eigenvalue weighted by Gasteiger charge is -2.35. The Morgan fingerprint density at radius 1 is 1.27 bits per heavy atom. The van der Waals surface area contributed by atoms with Crippen molar-refractivity contribution in [1.82, 2.24) is 14.3 Å². The molecule has 1 aliphatic heterocycles. The zero-order chi connectivity index (χ0) is 15.4. The Morgan fingerprint density at radius 2 is 2.18 bits per heavy atom. The number of hydrogen-bond donors (Lipinski definition) is 0. The van der Waals surface area contributed by atoms with Crippen molar-refractivity contribution in [3.05, 3.63) is 35.8 Å². The Kier molecular flexibility index (Phi) is 5.11. The molecule has 1 saturated heterocycles. The number of imidazole rings is 1. The third kappa shape index (κ3) is 3.68. The highest BCUT2D eigenvalue weighted by atomic mass is 16.5. The van der Waals surface area contributed by atoms with E-state index >= 15 is 0 Å². The van der Waals surface area contributed by atoms with Crippen LogP contribution in [0.1, 0.15) is 43.4 Å². The van der Waals surface area contributed by atoms with E-state index in [1.807, 2.05) is 0 Å². The molecule has 0 bridgehead atoms. The van der Waals surface area contributed by atoms with Gasteiger partial charge in [0.15, 0.2) is 0 Å². The lowest BCUT2D eigenvalue weighted by atomic mass is 9.98. The molecule has 0 spiro atoms. The van der Waals surface area contributed by atoms with Crippen LogP contribution in [-0.2, 0) is 11.3 Å². The largest absolute Gasteiger partial charge is 0.385 e. The Morgan fingerprint density at radius 3 is 3.05 bits per heavy atom. The second-order valence-corrected chi connectivity index (χ2v) is 6.46. The van der Waals surface area contributed by atoms with E-state index in [0.29, 0.717) is 6.04 Å². The quantitative estimate of drug-likeness (QED) is 0.766. The third-order valence-corrected chi connectivity index (χ3v) is 4.65. The molecule has 0 amide bonds. The van der Waals surface area contributed by atoms with Crippen LogP contribution in [0, 0.1) is 6.92 Å². The van der Waals surface area contributed by atoms with Crippen molar-refractivity contribution in [2.45, 2.75) is 51.6 Å². The first kappa shape index (κ1) is 15.5. The minimum absolute atomic E-state index is 0.690. The number of pyridine rings is 1. The van der Waals surface area contributed by atoms with E-state index in [4.69, 9.17) is 9.72 Å². The van der Waals surface area contributed by atoms with Crippen LogP contribution in [0.2, 0.25) is 0 Å². The maximum Gasteiger partial charge on any atom is 0.137 e. The number of hydrogen-bond acceptors (Lipinski definition) is 3. The van der Waals surface area contributed by atoms with E-state index in [-0.39, 0.29) is 0 Å². The first-order valence-electron chi connectivity index (χ1n) is 8.43. The van der Waals surface area contributed by atoms with Crippen LogP contribution in [0.5, 0.6) is 0 Å². The van der Waals surface area contributed by atoms with E-state index in [1.165, 1.54) is 43.5 Å². The molecule has 4 nitrogen and oxygen atoms in total. The van der Waals surface area contributed by atoms with Crippen LogP contribution in [0.3, 0.4) is 0 Å². The lowest BCUT2D eigenvalue weighted by molar-refractivity contribution is 0.115. The van der Waals surface area contributed by atoms with Gasteiger partial charge in [0.2, 0.25) is 0 Å². The van der Waals surface area contributed by atoms with Crippen molar-refractivity contribution < 1.29 is 4.74 Å². The molecule has 0 saturated carbocycles. The number of piperidine rings is 1. The van der Waals surface area contributed by atoms with Gasteiger partial charge in [-0.1, -0.05) is 12.5 Å². The zero-order valence-electron chi connectivity index (χ0n) is 13.8. The van der Waals surface area contributed by atoms with Crippen LogP contribution in [0.15, 0.2) is 24.5 Å². The molecule has 1 aliphatic rings. The van der Waals surface area contributed by atoms with Crippen LogP contribution in [0.25, 0.3) is 5.65 Å². The Balaban J connectivity index is 1.68. The molecule has 0 unspecified atom stereocenters. The normalized spacial score (nSPS) is 19.8. The first-order valence-corrected chi connectivity index (χ1v) is 8.43. The fourth-order valence-electron chi connectivity index (χ4n) is 3.50. The zero-order valence-corrected chi connectivity index (χ0v) is 13.8. The van der Waals surface area contributed by atoms with Crippen molar-refractivity contribution in [1.29, 1.82) is 0 Å². The number of methoxy groups -OCH3 is 1. The smallest absolute Gasteiger partial charge is 0.137 e. The van der Waals surface area contributed by atoms with Gasteiger partial charge in [-0.05, 0) is 50.8 Å². The van der Waals surface area contributed by atoms with Crippen molar-refractivity contribution >= 4 is 5.65 Å². The maximum atomic E-state index is 5.20. The summed E-state index contributed by atoms with van der Waals surface area (Å²) >= 11 is 0. The van der Waals surface area contributed by atoms with E-state index < -0.39 is 0 Å². The molecule has 0 aromatic carbocycles. The SMILES string of the molecule is COCCC[C@H]1CCCCN1Cc1cn2cc(C)ccc2n1. The van der Waals surface area contributed by atoms with Crippen LogP contribution >= 0.6 is 0 Å². The van der Waals surface area contributed by atoms with Crippen molar-refractivity contribution in [2.24, 2.45) is 0 Å². The molecular weight excluding hydrogens is 274 g/mol. The predicted molar refractivity (Wildman–Crippen MR) is 89.1 cm³/mol. The monoisotopic (exact) mass is 301 g/mol. The summed E-state index contributed by atoms with van der Waals surface area (Å²) in [6.07, 6.45) is 10.7. The van der Waals surface area contributed by atoms with Crippen LogP contribution < -0.4 is 0 Å². The molecule has 0 aliphatic carbocycles. The average Bonchev–Trinajstić information content (AvgIpc) is 2.90. The fraction of sp³-hybridized carbons (Fsp3) is 0.611. The Hall–Kier alpha value is -1.39. The van der Waals surface area contributed by atoms with Crippen molar-refractivity contribution in [3.8, 4) is 0 Å². The molecule has 2 aromatic heterocycles. The second-order valence-electron chi connectivity index (χ2n) is 6.46. The van der Waals surface area contributed by atoms with E-state index in [1.54, 1.807) is 7.11 Å². The van der Waals surface area contributed by atoms with E-state index in [0.717, 1.165) is 25.2 Å². The summed E-state index contributed by atoms with van der Waals surface area (Å²) < 4.78 is 7.35. The molecule has 2 aromatic rings. The average molecular weight is 301 g/mol. The van der Waals surface area contributed by atoms with Gasteiger partial charge in [-0.3, -0.25) is 4.90 Å². The molecule has 1 fully saturated rings. The predicted octanol–water partition coefficient (Wildman–Crippen LogP) is 3.42. The molecule has 22 heavy (non-hydrogen) atoms. The number of fused-ring (bicyclic) bond motifs is 1. The topological polar surface area (TPSA) is 29.8 Å². The molecule has 0 N–H and O–H groups in total. The number of ether oxygens (including phenoxy) is 1. The molecule has 4 heteroatoms. The molecule has 3 heterocycles. The van der Waals surface area contributed by atoms with Gasteiger partial charge < -0.3 is 9.14 Å². The summed E-state index contributed by atoms with van der Waals surface area (Å²) in [4.78, 5) is 7.39. The van der Waals surface area contributed by atoms with Crippen molar-refractivity contribution in [2.75, 3.05) is 20.3 Å². The Labute approximate surface area is 133 Å². The summed E-state index contributed by atoms with van der Waals surface area (Å²) in [7, 11) is 1.79. The van der Waals surface area contributed by atoms with Crippen LogP contribution in [-0.4, -0.2) is 40.6 Å². The second kappa shape index (κ2) is 7.25. The highest BCUT2D eigenvalue weighted by molar-refractivity contribution is 5.41. The molecule has 1 atom stereocenters. The number of rotatable bonds is 6. The summed E-state index contributed by atoms with van der Waals surface area (Å²) in [6.45, 7) is 5.16. The minimum atomic E-state index is 0.690. The maximum absolute atomic E-state index is 5.20. The van der Waals surface area contributed by atoms with Gasteiger partial charge in [-0.15, -0.1) is 0 Å². The standard InChI is InChI=1S/C18H27N3O/c1-15-8-9-18-19-16(14-21(18)12-15)13-20-10-4-3-6-17(20)7-5-11-22-2/h8-9,12,14,17H,3-7,10-11,13H2,1-2H3/t17-/m1/s1. The first-order chi connectivity index (χ1) is 10.8. The van der Waals surface area contributed by atoms with Crippen molar-refractivity contribution in [3.63, 3.8) is 0 Å². The van der Waals surface area contributed by atoms with Gasteiger partial charge in [-0.2, -0.15) is 0 Å². The van der Waals surface area contributed by atoms with E-state index in [2.05, 4.69) is 40.8 Å².